The van der Waals surface area contributed by atoms with Gasteiger partial charge in [0.1, 0.15) is 31.2 Å². The number of benzene rings is 2. The van der Waals surface area contributed by atoms with Crippen LogP contribution in [0.1, 0.15) is 25.0 Å². The first-order valence-electron chi connectivity index (χ1n) is 11.0. The fourth-order valence-corrected chi connectivity index (χ4v) is 3.65. The lowest BCUT2D eigenvalue weighted by Gasteiger charge is -2.15. The number of nitrogens with zero attached hydrogens (tertiary/aromatic N) is 1. The molecule has 1 aliphatic carbocycles. The predicted octanol–water partition coefficient (Wildman–Crippen LogP) is 2.70. The van der Waals surface area contributed by atoms with Gasteiger partial charge >= 0.3 is 5.97 Å². The molecule has 0 spiro atoms. The summed E-state index contributed by atoms with van der Waals surface area (Å²) in [5, 5.41) is 19.5. The Morgan fingerprint density at radius 1 is 0.794 bits per heavy atom. The van der Waals surface area contributed by atoms with Crippen molar-refractivity contribution in [2.45, 2.75) is 13.8 Å². The lowest BCUT2D eigenvalue weighted by molar-refractivity contribution is -0.519. The van der Waals surface area contributed by atoms with Gasteiger partial charge in [-0.2, -0.15) is 0 Å². The summed E-state index contributed by atoms with van der Waals surface area (Å²) in [6.07, 6.45) is 8.31. The minimum Gasteiger partial charge on any atom is -0.546 e. The third-order valence-corrected chi connectivity index (χ3v) is 5.29. The van der Waals surface area contributed by atoms with Crippen LogP contribution in [-0.4, -0.2) is 53.6 Å². The van der Waals surface area contributed by atoms with E-state index in [1.54, 1.807) is 24.3 Å². The molecule has 2 aromatic carbocycles. The Morgan fingerprint density at radius 2 is 1.26 bits per heavy atom. The first-order valence-corrected chi connectivity index (χ1v) is 11.0. The van der Waals surface area contributed by atoms with Crippen molar-refractivity contribution >= 4 is 23.2 Å². The monoisotopic (exact) mass is 461 g/mol. The van der Waals surface area contributed by atoms with Gasteiger partial charge in [0.25, 0.3) is 0 Å². The van der Waals surface area contributed by atoms with Crippen molar-refractivity contribution < 1.29 is 33.9 Å². The Bertz CT molecular complexity index is 1070. The quantitative estimate of drug-likeness (QED) is 0.547. The fourth-order valence-electron chi connectivity index (χ4n) is 3.65. The van der Waals surface area contributed by atoms with Gasteiger partial charge in [-0.1, -0.05) is 24.3 Å². The number of ether oxygens (including phenoxy) is 2. The molecule has 7 heteroatoms. The van der Waals surface area contributed by atoms with Gasteiger partial charge in [0.2, 0.25) is 0 Å². The van der Waals surface area contributed by atoms with Crippen LogP contribution >= 0.6 is 0 Å². The molecule has 0 saturated carbocycles. The maximum absolute atomic E-state index is 10.8. The Kier molecular flexibility index (Phi) is 8.40. The Morgan fingerprint density at radius 3 is 1.68 bits per heavy atom. The van der Waals surface area contributed by atoms with E-state index in [0.29, 0.717) is 11.5 Å². The SMILES string of the molecule is CC[N+](CC)=C1C=CC(=C(c2ccc(OCC(=O)[O-])cc2)c2ccc(OCC(=O)O)cc2)C=C1. The van der Waals surface area contributed by atoms with Gasteiger partial charge in [-0.3, -0.25) is 0 Å². The summed E-state index contributed by atoms with van der Waals surface area (Å²) in [6.45, 7) is 5.14. The largest absolute Gasteiger partial charge is 0.546 e. The number of carboxylic acid groups (broad SMARTS) is 2. The molecular weight excluding hydrogens is 434 g/mol. The Hall–Kier alpha value is -4.13. The van der Waals surface area contributed by atoms with Crippen LogP contribution in [0, 0.1) is 0 Å². The summed E-state index contributed by atoms with van der Waals surface area (Å²) in [5.74, 6) is -1.42. The summed E-state index contributed by atoms with van der Waals surface area (Å²) < 4.78 is 12.7. The average molecular weight is 462 g/mol. The molecule has 1 aliphatic rings. The Labute approximate surface area is 198 Å². The second-order valence-electron chi connectivity index (χ2n) is 7.49. The van der Waals surface area contributed by atoms with Crippen LogP contribution in [-0.2, 0) is 9.59 Å². The molecule has 0 aliphatic heterocycles. The van der Waals surface area contributed by atoms with E-state index in [4.69, 9.17) is 14.6 Å². The zero-order valence-corrected chi connectivity index (χ0v) is 19.2. The Balaban J connectivity index is 1.99. The van der Waals surface area contributed by atoms with Gasteiger partial charge in [0.15, 0.2) is 12.3 Å². The van der Waals surface area contributed by atoms with Crippen molar-refractivity contribution in [1.29, 1.82) is 0 Å². The molecule has 0 heterocycles. The molecule has 176 valence electrons. The zero-order chi connectivity index (χ0) is 24.5. The third kappa shape index (κ3) is 6.45. The summed E-state index contributed by atoms with van der Waals surface area (Å²) in [7, 11) is 0. The summed E-state index contributed by atoms with van der Waals surface area (Å²) in [4.78, 5) is 21.4. The fraction of sp³-hybridized carbons (Fsp3) is 0.222. The number of carbonyl (C=O) groups is 2. The number of allylic oxidation sites excluding steroid dienone is 5. The standard InChI is InChI=1S/C27H27NO6/c1-3-28(4-2)22-11-5-19(6-12-22)27(20-7-13-23(14-8-20)33-17-25(29)30)21-9-15-24(16-10-21)34-18-26(31)32/h5-16H,3-4,17-18H2,1-2H3,(H-,29,30,31,32). The second kappa shape index (κ2) is 11.7. The first-order chi connectivity index (χ1) is 16.4. The molecule has 2 aromatic rings. The summed E-state index contributed by atoms with van der Waals surface area (Å²) in [5.41, 5.74) is 4.93. The zero-order valence-electron chi connectivity index (χ0n) is 19.2. The van der Waals surface area contributed by atoms with Crippen molar-refractivity contribution in [2.75, 3.05) is 26.3 Å². The molecule has 34 heavy (non-hydrogen) atoms. The van der Waals surface area contributed by atoms with Crippen molar-refractivity contribution in [3.05, 3.63) is 89.5 Å². The number of carboxylic acids is 2. The van der Waals surface area contributed by atoms with E-state index in [1.807, 2.05) is 24.3 Å². The lowest BCUT2D eigenvalue weighted by atomic mass is 9.90. The van der Waals surface area contributed by atoms with E-state index < -0.39 is 25.2 Å². The smallest absolute Gasteiger partial charge is 0.341 e. The maximum atomic E-state index is 10.8. The van der Waals surface area contributed by atoms with Crippen LogP contribution in [0.25, 0.3) is 5.57 Å². The molecule has 1 N–H and O–H groups in total. The highest BCUT2D eigenvalue weighted by molar-refractivity contribution is 6.04. The van der Waals surface area contributed by atoms with E-state index >= 15 is 0 Å². The van der Waals surface area contributed by atoms with Crippen LogP contribution in [0.2, 0.25) is 0 Å². The average Bonchev–Trinajstić information content (AvgIpc) is 2.85. The van der Waals surface area contributed by atoms with Crippen LogP contribution < -0.4 is 14.6 Å². The summed E-state index contributed by atoms with van der Waals surface area (Å²) >= 11 is 0. The van der Waals surface area contributed by atoms with Gasteiger partial charge in [-0.15, -0.1) is 0 Å². The molecule has 0 unspecified atom stereocenters. The summed E-state index contributed by atoms with van der Waals surface area (Å²) in [6, 6.07) is 14.4. The van der Waals surface area contributed by atoms with Gasteiger partial charge in [0, 0.05) is 12.2 Å². The topological polar surface area (TPSA) is 98.9 Å². The molecular formula is C27H27NO6. The molecule has 0 bridgehead atoms. The number of hydrogen-bond acceptors (Lipinski definition) is 5. The van der Waals surface area contributed by atoms with Crippen LogP contribution in [0.5, 0.6) is 11.5 Å². The molecule has 0 atom stereocenters. The normalized spacial score (nSPS) is 12.4. The molecule has 3 rings (SSSR count). The highest BCUT2D eigenvalue weighted by Gasteiger charge is 2.15. The lowest BCUT2D eigenvalue weighted by Crippen LogP contribution is -2.28. The molecule has 7 nitrogen and oxygen atoms in total. The third-order valence-electron chi connectivity index (χ3n) is 5.29. The number of aliphatic carboxylic acids is 2. The number of hydrogen-bond donors (Lipinski definition) is 1. The van der Waals surface area contributed by atoms with Gasteiger partial charge < -0.3 is 24.5 Å². The van der Waals surface area contributed by atoms with Crippen LogP contribution in [0.15, 0.2) is 78.4 Å². The number of rotatable bonds is 10. The number of carbonyl (C=O) groups excluding carboxylic acids is 1. The molecule has 0 saturated heterocycles. The van der Waals surface area contributed by atoms with Crippen LogP contribution in [0.4, 0.5) is 0 Å². The highest BCUT2D eigenvalue weighted by Crippen LogP contribution is 2.32. The molecule has 0 aromatic heterocycles. The first kappa shape index (κ1) is 24.5. The molecule has 0 radical (unpaired) electrons. The van der Waals surface area contributed by atoms with Crippen molar-refractivity contribution in [2.24, 2.45) is 0 Å². The maximum Gasteiger partial charge on any atom is 0.341 e. The second-order valence-corrected chi connectivity index (χ2v) is 7.49. The van der Waals surface area contributed by atoms with Gasteiger partial charge in [-0.25, -0.2) is 9.37 Å². The molecule has 0 fully saturated rings. The van der Waals surface area contributed by atoms with E-state index in [1.165, 1.54) is 0 Å². The van der Waals surface area contributed by atoms with E-state index in [2.05, 4.69) is 42.7 Å². The van der Waals surface area contributed by atoms with Gasteiger partial charge in [-0.05, 0) is 72.5 Å². The van der Waals surface area contributed by atoms with E-state index in [0.717, 1.165) is 41.1 Å². The highest BCUT2D eigenvalue weighted by atomic mass is 16.5. The van der Waals surface area contributed by atoms with Crippen molar-refractivity contribution in [3.63, 3.8) is 0 Å². The minimum atomic E-state index is -1.28. The van der Waals surface area contributed by atoms with E-state index in [9.17, 15) is 14.7 Å². The molecule has 0 amide bonds. The van der Waals surface area contributed by atoms with Crippen LogP contribution in [0.3, 0.4) is 0 Å². The van der Waals surface area contributed by atoms with Gasteiger partial charge in [0.05, 0.1) is 5.97 Å². The minimum absolute atomic E-state index is 0.407. The van der Waals surface area contributed by atoms with Crippen molar-refractivity contribution in [1.82, 2.24) is 0 Å². The van der Waals surface area contributed by atoms with Crippen molar-refractivity contribution in [3.8, 4) is 11.5 Å². The predicted molar refractivity (Wildman–Crippen MR) is 127 cm³/mol. The van der Waals surface area contributed by atoms with E-state index in [-0.39, 0.29) is 0 Å².